The maximum Gasteiger partial charge on any atom is 0.304 e. The summed E-state index contributed by atoms with van der Waals surface area (Å²) in [6.07, 6.45) is 10.6. The summed E-state index contributed by atoms with van der Waals surface area (Å²) in [7, 11) is 0. The molecule has 0 aliphatic heterocycles. The lowest BCUT2D eigenvalue weighted by atomic mass is 9.47. The van der Waals surface area contributed by atoms with Crippen LogP contribution >= 0.6 is 0 Å². The molecule has 1 aromatic rings. The summed E-state index contributed by atoms with van der Waals surface area (Å²) in [5.74, 6) is 0.506. The highest BCUT2D eigenvalue weighted by molar-refractivity contribution is 5.96. The summed E-state index contributed by atoms with van der Waals surface area (Å²) in [4.78, 5) is 29.1. The molecule has 7 atom stereocenters. The molecule has 0 radical (unpaired) electrons. The van der Waals surface area contributed by atoms with Crippen LogP contribution in [0, 0.1) is 28.6 Å². The summed E-state index contributed by atoms with van der Waals surface area (Å²) in [5, 5.41) is 27.0. The predicted molar refractivity (Wildman–Crippen MR) is 146 cm³/mol. The van der Waals surface area contributed by atoms with Crippen molar-refractivity contribution in [2.24, 2.45) is 33.7 Å². The molecule has 0 bridgehead atoms. The normalized spacial score (nSPS) is 35.9. The Morgan fingerprint density at radius 3 is 2.63 bits per heavy atom. The molecule has 0 heterocycles. The second-order valence-corrected chi connectivity index (χ2v) is 12.5. The molecule has 0 aromatic heterocycles. The summed E-state index contributed by atoms with van der Waals surface area (Å²) in [6, 6.07) is 9.37. The third-order valence-corrected chi connectivity index (χ3v) is 10.5. The number of fused-ring (bicyclic) bond motifs is 5. The Hall–Kier alpha value is -2.67. The number of allylic oxidation sites excluding steroid dienone is 2. The van der Waals surface area contributed by atoms with Gasteiger partial charge in [0, 0.05) is 12.5 Å². The van der Waals surface area contributed by atoms with E-state index >= 15 is 0 Å². The number of aliphatic hydroxyl groups excluding tert-OH is 1. The quantitative estimate of drug-likeness (QED) is 0.414. The van der Waals surface area contributed by atoms with Crippen molar-refractivity contribution in [2.45, 2.75) is 83.7 Å². The van der Waals surface area contributed by atoms with Gasteiger partial charge in [0.2, 0.25) is 0 Å². The number of hydrogen-bond acceptors (Lipinski definition) is 5. The van der Waals surface area contributed by atoms with E-state index in [4.69, 9.17) is 4.84 Å². The first-order valence-corrected chi connectivity index (χ1v) is 14.3. The van der Waals surface area contributed by atoms with Gasteiger partial charge in [0.1, 0.15) is 0 Å². The van der Waals surface area contributed by atoms with Crippen molar-refractivity contribution in [3.8, 4) is 0 Å². The Balaban J connectivity index is 1.16. The molecule has 0 saturated heterocycles. The molecule has 3 N–H and O–H groups in total. The number of benzene rings is 1. The third kappa shape index (κ3) is 5.14. The monoisotopic (exact) mass is 522 g/mol. The van der Waals surface area contributed by atoms with Gasteiger partial charge in [-0.05, 0) is 91.6 Å². The van der Waals surface area contributed by atoms with E-state index < -0.39 is 5.97 Å². The molecule has 1 amide bonds. The van der Waals surface area contributed by atoms with E-state index in [0.29, 0.717) is 17.8 Å². The minimum atomic E-state index is -0.898. The average Bonchev–Trinajstić information content (AvgIpc) is 3.21. The van der Waals surface area contributed by atoms with E-state index in [2.05, 4.69) is 30.4 Å². The Bertz CT molecular complexity index is 1100. The summed E-state index contributed by atoms with van der Waals surface area (Å²) < 4.78 is 0. The third-order valence-electron chi connectivity index (χ3n) is 10.5. The van der Waals surface area contributed by atoms with Gasteiger partial charge in [-0.1, -0.05) is 54.9 Å². The molecule has 0 spiro atoms. The number of nitrogens with zero attached hydrogens (tertiary/aromatic N) is 1. The number of hydrogen-bond donors (Lipinski definition) is 3. The second kappa shape index (κ2) is 10.8. The van der Waals surface area contributed by atoms with E-state index in [1.807, 2.05) is 30.3 Å². The number of carboxylic acids is 1. The number of rotatable bonds is 8. The fraction of sp³-hybridized carbons (Fsp3) is 0.645. The van der Waals surface area contributed by atoms with Crippen molar-refractivity contribution in [1.82, 2.24) is 5.32 Å². The molecule has 38 heavy (non-hydrogen) atoms. The van der Waals surface area contributed by atoms with Crippen molar-refractivity contribution in [2.75, 3.05) is 13.2 Å². The van der Waals surface area contributed by atoms with Gasteiger partial charge in [0.05, 0.1) is 18.2 Å². The zero-order valence-corrected chi connectivity index (χ0v) is 22.7. The van der Waals surface area contributed by atoms with Crippen LogP contribution < -0.4 is 5.32 Å². The van der Waals surface area contributed by atoms with E-state index in [-0.39, 0.29) is 48.3 Å². The highest BCUT2D eigenvalue weighted by Gasteiger charge is 2.58. The molecule has 206 valence electrons. The lowest BCUT2D eigenvalue weighted by molar-refractivity contribution is -0.137. The molecule has 3 saturated carbocycles. The van der Waals surface area contributed by atoms with Gasteiger partial charge in [-0.15, -0.1) is 0 Å². The maximum atomic E-state index is 12.4. The predicted octanol–water partition coefficient (Wildman–Crippen LogP) is 5.06. The number of nitrogens with one attached hydrogen (secondary N) is 1. The van der Waals surface area contributed by atoms with Gasteiger partial charge < -0.3 is 20.4 Å². The smallest absolute Gasteiger partial charge is 0.304 e. The van der Waals surface area contributed by atoms with Gasteiger partial charge in [-0.2, -0.15) is 0 Å². The number of oxime groups is 1. The standard InChI is InChI=1S/C31H42N2O5/c1-30-14-12-23(17-22(30)8-9-24-25-10-11-27(34)31(25,2)15-13-26(24)30)33-38-19-28(35)32-18-21(16-29(36)37)20-6-4-3-5-7-20/h3-7,17,21,24-27,34H,8-16,18-19H2,1-2H3,(H,32,35)(H,36,37)/b33-23-/t21?,24?,25?,26?,27?,30-,31-/m0/s1. The number of carbonyl (C=O) groups excluding carboxylic acids is 1. The lowest BCUT2D eigenvalue weighted by Gasteiger charge is -2.57. The van der Waals surface area contributed by atoms with Crippen molar-refractivity contribution in [3.05, 3.63) is 47.5 Å². The lowest BCUT2D eigenvalue weighted by Crippen LogP contribution is -2.51. The van der Waals surface area contributed by atoms with Crippen LogP contribution in [0.15, 0.2) is 47.1 Å². The molecule has 3 fully saturated rings. The van der Waals surface area contributed by atoms with Gasteiger partial charge >= 0.3 is 5.97 Å². The van der Waals surface area contributed by atoms with Crippen LogP contribution in [0.5, 0.6) is 0 Å². The number of aliphatic carboxylic acids is 1. The number of aliphatic hydroxyl groups is 1. The fourth-order valence-corrected chi connectivity index (χ4v) is 8.32. The molecular formula is C31H42N2O5. The SMILES string of the molecule is C[C@]12CCC3C(CCC4=C/C(=N\OCC(=O)NCC(CC(=O)O)c5ccccc5)CC[C@@]43C)C1CCC2O. The van der Waals surface area contributed by atoms with Crippen molar-refractivity contribution in [3.63, 3.8) is 0 Å². The van der Waals surface area contributed by atoms with Crippen LogP contribution in [0.1, 0.15) is 83.1 Å². The largest absolute Gasteiger partial charge is 0.481 e. The highest BCUT2D eigenvalue weighted by Crippen LogP contribution is 2.65. The van der Waals surface area contributed by atoms with Gasteiger partial charge in [0.25, 0.3) is 5.91 Å². The molecule has 5 rings (SSSR count). The van der Waals surface area contributed by atoms with E-state index in [1.54, 1.807) is 0 Å². The van der Waals surface area contributed by atoms with Crippen LogP contribution in [0.2, 0.25) is 0 Å². The van der Waals surface area contributed by atoms with Crippen LogP contribution in [0.25, 0.3) is 0 Å². The van der Waals surface area contributed by atoms with Crippen LogP contribution in [-0.4, -0.2) is 47.1 Å². The van der Waals surface area contributed by atoms with Crippen molar-refractivity contribution in [1.29, 1.82) is 0 Å². The zero-order valence-electron chi connectivity index (χ0n) is 22.7. The van der Waals surface area contributed by atoms with Gasteiger partial charge in [-0.3, -0.25) is 9.59 Å². The zero-order chi connectivity index (χ0) is 26.9. The van der Waals surface area contributed by atoms with Gasteiger partial charge in [0.15, 0.2) is 6.61 Å². The Morgan fingerprint density at radius 2 is 1.87 bits per heavy atom. The van der Waals surface area contributed by atoms with Crippen LogP contribution in [0.3, 0.4) is 0 Å². The summed E-state index contributed by atoms with van der Waals surface area (Å²) >= 11 is 0. The fourth-order valence-electron chi connectivity index (χ4n) is 8.32. The minimum Gasteiger partial charge on any atom is -0.481 e. The molecular weight excluding hydrogens is 480 g/mol. The Kier molecular flexibility index (Phi) is 7.67. The van der Waals surface area contributed by atoms with Crippen molar-refractivity contribution >= 4 is 17.6 Å². The number of carbonyl (C=O) groups is 2. The Morgan fingerprint density at radius 1 is 1.08 bits per heavy atom. The average molecular weight is 523 g/mol. The molecule has 7 heteroatoms. The summed E-state index contributed by atoms with van der Waals surface area (Å²) in [5.41, 5.74) is 3.54. The number of amides is 1. The minimum absolute atomic E-state index is 0.0534. The maximum absolute atomic E-state index is 12.4. The number of carboxylic acid groups (broad SMARTS) is 1. The van der Waals surface area contributed by atoms with Crippen LogP contribution in [0.4, 0.5) is 0 Å². The first-order chi connectivity index (χ1) is 18.2. The molecule has 7 nitrogen and oxygen atoms in total. The van der Waals surface area contributed by atoms with Crippen LogP contribution in [-0.2, 0) is 14.4 Å². The topological polar surface area (TPSA) is 108 Å². The molecule has 4 aliphatic carbocycles. The highest BCUT2D eigenvalue weighted by atomic mass is 16.6. The first-order valence-electron chi connectivity index (χ1n) is 14.3. The first kappa shape index (κ1) is 26.9. The van der Waals surface area contributed by atoms with E-state index in [9.17, 15) is 19.8 Å². The summed E-state index contributed by atoms with van der Waals surface area (Å²) in [6.45, 7) is 4.81. The molecule has 5 unspecified atom stereocenters. The Labute approximate surface area is 225 Å². The molecule has 4 aliphatic rings. The molecule has 1 aromatic carbocycles. The second-order valence-electron chi connectivity index (χ2n) is 12.5. The van der Waals surface area contributed by atoms with Crippen molar-refractivity contribution < 1.29 is 24.6 Å². The van der Waals surface area contributed by atoms with Gasteiger partial charge in [-0.25, -0.2) is 0 Å². The van der Waals surface area contributed by atoms with E-state index in [1.165, 1.54) is 24.8 Å². The van der Waals surface area contributed by atoms with E-state index in [0.717, 1.165) is 43.4 Å².